The summed E-state index contributed by atoms with van der Waals surface area (Å²) < 4.78 is 1.87. The molecule has 27 heavy (non-hydrogen) atoms. The van der Waals surface area contributed by atoms with Crippen molar-refractivity contribution in [1.82, 2.24) is 20.0 Å². The lowest BCUT2D eigenvalue weighted by atomic mass is 9.97. The molecule has 0 saturated carbocycles. The minimum Gasteiger partial charge on any atom is -0.353 e. The minimum absolute atomic E-state index is 0.107. The Bertz CT molecular complexity index is 949. The topological polar surface area (TPSA) is 67.2 Å². The number of piperazine rings is 1. The van der Waals surface area contributed by atoms with Crippen molar-refractivity contribution < 1.29 is 9.59 Å². The summed E-state index contributed by atoms with van der Waals surface area (Å²) in [7, 11) is 0. The number of hydrogen-bond donors (Lipinski definition) is 1. The molecule has 1 aliphatic heterocycles. The number of hydrogen-bond acceptors (Lipinski definition) is 3. The summed E-state index contributed by atoms with van der Waals surface area (Å²) in [4.78, 5) is 26.2. The van der Waals surface area contributed by atoms with Crippen molar-refractivity contribution in [3.05, 3.63) is 78.1 Å². The normalized spacial score (nSPS) is 14.1. The van der Waals surface area contributed by atoms with Gasteiger partial charge in [-0.3, -0.25) is 14.3 Å². The summed E-state index contributed by atoms with van der Waals surface area (Å²) >= 11 is 0. The van der Waals surface area contributed by atoms with Gasteiger partial charge in [0.25, 0.3) is 5.91 Å². The second-order valence-corrected chi connectivity index (χ2v) is 6.52. The first-order chi connectivity index (χ1) is 13.2. The molecule has 2 amide bonds. The number of carbonyl (C=O) groups is 2. The maximum atomic E-state index is 13.0. The second-order valence-electron chi connectivity index (χ2n) is 6.52. The Hall–Kier alpha value is -3.41. The van der Waals surface area contributed by atoms with E-state index in [0.717, 1.165) is 16.7 Å². The Labute approximate surface area is 157 Å². The van der Waals surface area contributed by atoms with E-state index in [2.05, 4.69) is 10.4 Å². The van der Waals surface area contributed by atoms with Crippen molar-refractivity contribution in [3.8, 4) is 11.1 Å². The van der Waals surface area contributed by atoms with E-state index in [1.807, 2.05) is 65.5 Å². The van der Waals surface area contributed by atoms with Gasteiger partial charge >= 0.3 is 0 Å². The molecule has 2 heterocycles. The molecule has 136 valence electrons. The number of nitrogens with one attached hydrogen (secondary N) is 1. The maximum Gasteiger partial charge on any atom is 0.255 e. The third kappa shape index (κ3) is 3.74. The number of amides is 2. The second kappa shape index (κ2) is 7.45. The van der Waals surface area contributed by atoms with E-state index >= 15 is 0 Å². The van der Waals surface area contributed by atoms with Crippen LogP contribution < -0.4 is 5.32 Å². The molecule has 6 nitrogen and oxygen atoms in total. The van der Waals surface area contributed by atoms with E-state index in [-0.39, 0.29) is 18.4 Å². The van der Waals surface area contributed by atoms with Gasteiger partial charge in [0.2, 0.25) is 5.91 Å². The van der Waals surface area contributed by atoms with Crippen LogP contribution in [0.5, 0.6) is 0 Å². The van der Waals surface area contributed by atoms with E-state index in [1.54, 1.807) is 11.1 Å². The van der Waals surface area contributed by atoms with Gasteiger partial charge in [0.1, 0.15) is 0 Å². The van der Waals surface area contributed by atoms with Crippen LogP contribution in [0.15, 0.2) is 67.0 Å². The van der Waals surface area contributed by atoms with Gasteiger partial charge in [0.15, 0.2) is 0 Å². The minimum atomic E-state index is -0.116. The van der Waals surface area contributed by atoms with Gasteiger partial charge in [-0.05, 0) is 28.8 Å². The van der Waals surface area contributed by atoms with Crippen LogP contribution in [0.25, 0.3) is 11.1 Å². The summed E-state index contributed by atoms with van der Waals surface area (Å²) in [5.41, 5.74) is 3.61. The van der Waals surface area contributed by atoms with Gasteiger partial charge < -0.3 is 10.2 Å². The van der Waals surface area contributed by atoms with Crippen molar-refractivity contribution in [2.75, 3.05) is 19.6 Å². The predicted octanol–water partition coefficient (Wildman–Crippen LogP) is 2.17. The van der Waals surface area contributed by atoms with E-state index in [1.165, 1.54) is 0 Å². The summed E-state index contributed by atoms with van der Waals surface area (Å²) in [6, 6.07) is 17.6. The quantitative estimate of drug-likeness (QED) is 0.775. The summed E-state index contributed by atoms with van der Waals surface area (Å²) in [6.45, 7) is 1.84. The van der Waals surface area contributed by atoms with Crippen LogP contribution in [0.2, 0.25) is 0 Å². The average molecular weight is 360 g/mol. The third-order valence-electron chi connectivity index (χ3n) is 4.65. The van der Waals surface area contributed by atoms with Gasteiger partial charge in [-0.25, -0.2) is 0 Å². The Kier molecular flexibility index (Phi) is 4.70. The van der Waals surface area contributed by atoms with Crippen LogP contribution in [-0.4, -0.2) is 46.1 Å². The first kappa shape index (κ1) is 17.0. The van der Waals surface area contributed by atoms with Crippen molar-refractivity contribution in [3.63, 3.8) is 0 Å². The Balaban J connectivity index is 1.59. The standard InChI is InChI=1S/C21H20N4O2/c26-20-15-24(13-11-22-20)21(27)19-5-2-1-4-18(19)17-8-6-16(7-9-17)14-25-12-3-10-23-25/h1-10,12H,11,13-15H2,(H,22,26). The average Bonchev–Trinajstić information content (AvgIpc) is 3.21. The molecule has 2 aromatic carbocycles. The van der Waals surface area contributed by atoms with E-state index in [9.17, 15) is 9.59 Å². The molecular weight excluding hydrogens is 340 g/mol. The SMILES string of the molecule is O=C1CN(C(=O)c2ccccc2-c2ccc(Cn3cccn3)cc2)CCN1. The van der Waals surface area contributed by atoms with E-state index < -0.39 is 0 Å². The van der Waals surface area contributed by atoms with Gasteiger partial charge in [-0.15, -0.1) is 0 Å². The van der Waals surface area contributed by atoms with Crippen molar-refractivity contribution in [2.45, 2.75) is 6.54 Å². The summed E-state index contributed by atoms with van der Waals surface area (Å²) in [5.74, 6) is -0.226. The van der Waals surface area contributed by atoms with Gasteiger partial charge in [0, 0.05) is 31.0 Å². The fraction of sp³-hybridized carbons (Fsp3) is 0.190. The molecule has 4 rings (SSSR count). The molecule has 3 aromatic rings. The zero-order valence-corrected chi connectivity index (χ0v) is 14.8. The smallest absolute Gasteiger partial charge is 0.255 e. The molecule has 1 aromatic heterocycles. The lowest BCUT2D eigenvalue weighted by Crippen LogP contribution is -2.50. The fourth-order valence-electron chi connectivity index (χ4n) is 3.27. The highest BCUT2D eigenvalue weighted by atomic mass is 16.2. The first-order valence-corrected chi connectivity index (χ1v) is 8.92. The molecule has 6 heteroatoms. The molecule has 1 aliphatic rings. The number of rotatable bonds is 4. The molecule has 0 aliphatic carbocycles. The Morgan fingerprint density at radius 3 is 2.63 bits per heavy atom. The number of carbonyl (C=O) groups excluding carboxylic acids is 2. The molecule has 1 fully saturated rings. The molecule has 0 spiro atoms. The fourth-order valence-corrected chi connectivity index (χ4v) is 3.27. The highest BCUT2D eigenvalue weighted by molar-refractivity contribution is 6.02. The maximum absolute atomic E-state index is 13.0. The van der Waals surface area contributed by atoms with Crippen LogP contribution >= 0.6 is 0 Å². The van der Waals surface area contributed by atoms with Crippen molar-refractivity contribution in [1.29, 1.82) is 0 Å². The molecule has 0 bridgehead atoms. The molecule has 0 radical (unpaired) electrons. The van der Waals surface area contributed by atoms with Crippen molar-refractivity contribution >= 4 is 11.8 Å². The summed E-state index contributed by atoms with van der Waals surface area (Å²) in [6.07, 6.45) is 3.69. The molecule has 0 unspecified atom stereocenters. The number of benzene rings is 2. The van der Waals surface area contributed by atoms with Gasteiger partial charge in [-0.2, -0.15) is 5.10 Å². The lowest BCUT2D eigenvalue weighted by Gasteiger charge is -2.27. The van der Waals surface area contributed by atoms with Crippen LogP contribution in [0.4, 0.5) is 0 Å². The molecule has 1 saturated heterocycles. The lowest BCUT2D eigenvalue weighted by molar-refractivity contribution is -0.123. The Morgan fingerprint density at radius 2 is 1.89 bits per heavy atom. The largest absolute Gasteiger partial charge is 0.353 e. The van der Waals surface area contributed by atoms with E-state index in [0.29, 0.717) is 25.2 Å². The van der Waals surface area contributed by atoms with Crippen LogP contribution in [0, 0.1) is 0 Å². The van der Waals surface area contributed by atoms with Crippen LogP contribution in [0.1, 0.15) is 15.9 Å². The first-order valence-electron chi connectivity index (χ1n) is 8.92. The zero-order valence-electron chi connectivity index (χ0n) is 14.8. The van der Waals surface area contributed by atoms with Crippen LogP contribution in [0.3, 0.4) is 0 Å². The van der Waals surface area contributed by atoms with E-state index in [4.69, 9.17) is 0 Å². The number of aromatic nitrogens is 2. The van der Waals surface area contributed by atoms with Gasteiger partial charge in [-0.1, -0.05) is 42.5 Å². The van der Waals surface area contributed by atoms with Gasteiger partial charge in [0.05, 0.1) is 13.1 Å². The van der Waals surface area contributed by atoms with Crippen molar-refractivity contribution in [2.24, 2.45) is 0 Å². The Morgan fingerprint density at radius 1 is 1.07 bits per heavy atom. The zero-order chi connectivity index (χ0) is 18.6. The predicted molar refractivity (Wildman–Crippen MR) is 102 cm³/mol. The monoisotopic (exact) mass is 360 g/mol. The molecule has 0 atom stereocenters. The summed E-state index contributed by atoms with van der Waals surface area (Å²) in [5, 5.41) is 6.97. The molecule has 1 N–H and O–H groups in total. The highest BCUT2D eigenvalue weighted by Crippen LogP contribution is 2.25. The third-order valence-corrected chi connectivity index (χ3v) is 4.65. The number of nitrogens with zero attached hydrogens (tertiary/aromatic N) is 3. The van der Waals surface area contributed by atoms with Crippen LogP contribution in [-0.2, 0) is 11.3 Å². The molecular formula is C21H20N4O2. The highest BCUT2D eigenvalue weighted by Gasteiger charge is 2.24.